The summed E-state index contributed by atoms with van der Waals surface area (Å²) >= 11 is 0. The zero-order valence-corrected chi connectivity index (χ0v) is 17.5. The minimum atomic E-state index is -4.55. The molecule has 0 aliphatic rings. The molecule has 0 bridgehead atoms. The van der Waals surface area contributed by atoms with E-state index in [2.05, 4.69) is 22.2 Å². The highest BCUT2D eigenvalue weighted by molar-refractivity contribution is 5.95. The average molecular weight is 468 g/mol. The number of nitrogens with zero attached hydrogens (tertiary/aromatic N) is 3. The van der Waals surface area contributed by atoms with Gasteiger partial charge in [-0.15, -0.1) is 11.7 Å². The summed E-state index contributed by atoms with van der Waals surface area (Å²) in [7, 11) is 0. The number of alkyl halides is 3. The van der Waals surface area contributed by atoms with Gasteiger partial charge >= 0.3 is 6.18 Å². The number of benzene rings is 1. The van der Waals surface area contributed by atoms with E-state index in [4.69, 9.17) is 10.5 Å². The molecule has 0 aliphatic heterocycles. The number of ether oxygens (including phenoxy) is 1. The number of hydrogen-bond acceptors (Lipinski definition) is 6. The number of unbranched alkanes of at least 4 members (excludes halogenated alkanes) is 1. The third-order valence-corrected chi connectivity index (χ3v) is 4.11. The third kappa shape index (κ3) is 8.27. The summed E-state index contributed by atoms with van der Waals surface area (Å²) in [5.41, 5.74) is 5.23. The van der Waals surface area contributed by atoms with Crippen LogP contribution < -0.4 is 21.1 Å². The number of aromatic nitrogens is 3. The molecule has 0 unspecified atom stereocenters. The van der Waals surface area contributed by atoms with Gasteiger partial charge < -0.3 is 21.1 Å². The quantitative estimate of drug-likeness (QED) is 0.319. The summed E-state index contributed by atoms with van der Waals surface area (Å²) in [6.07, 6.45) is -0.311. The monoisotopic (exact) mass is 468 g/mol. The number of carbonyl (C=O) groups excluding carboxylic acids is 3. The summed E-state index contributed by atoms with van der Waals surface area (Å²) in [5, 5.41) is 11.9. The summed E-state index contributed by atoms with van der Waals surface area (Å²) in [6.45, 7) is 2.41. The van der Waals surface area contributed by atoms with Gasteiger partial charge in [0.15, 0.2) is 5.69 Å². The van der Waals surface area contributed by atoms with Crippen molar-refractivity contribution in [2.75, 3.05) is 19.7 Å². The van der Waals surface area contributed by atoms with Gasteiger partial charge in [0, 0.05) is 18.5 Å². The Morgan fingerprint density at radius 1 is 1.21 bits per heavy atom. The predicted molar refractivity (Wildman–Crippen MR) is 111 cm³/mol. The second kappa shape index (κ2) is 11.6. The Balaban J connectivity index is 2.23. The summed E-state index contributed by atoms with van der Waals surface area (Å²) in [4.78, 5) is 35.0. The van der Waals surface area contributed by atoms with Crippen LogP contribution in [0.25, 0.3) is 5.69 Å². The van der Waals surface area contributed by atoms with E-state index in [0.29, 0.717) is 18.5 Å². The van der Waals surface area contributed by atoms with Gasteiger partial charge in [-0.25, -0.2) is 4.68 Å². The Morgan fingerprint density at radius 2 is 1.97 bits per heavy atom. The average Bonchev–Trinajstić information content (AvgIpc) is 3.24. The van der Waals surface area contributed by atoms with Crippen molar-refractivity contribution in [3.05, 3.63) is 48.3 Å². The smallest absolute Gasteiger partial charge is 0.405 e. The van der Waals surface area contributed by atoms with Crippen molar-refractivity contribution >= 4 is 17.7 Å². The van der Waals surface area contributed by atoms with Crippen molar-refractivity contribution in [1.82, 2.24) is 25.6 Å². The lowest BCUT2D eigenvalue weighted by Gasteiger charge is -2.13. The van der Waals surface area contributed by atoms with E-state index in [1.165, 1.54) is 29.1 Å². The zero-order chi connectivity index (χ0) is 24.4. The standard InChI is InChI=1S/C20H23F3N6O4/c1-2-3-4-9-33-16-10-13(18(31)26-12-20(21,22)23)5-6-15(16)29-11-14(27-28-29)19(32)25-8-7-17(24)30/h2,5-6,10-11H,1,3-4,7-9,12H2,(H2,24,30)(H,25,32)(H,26,31). The van der Waals surface area contributed by atoms with Crippen LogP contribution >= 0.6 is 0 Å². The Hall–Kier alpha value is -3.90. The molecule has 1 heterocycles. The molecule has 2 rings (SSSR count). The van der Waals surface area contributed by atoms with E-state index < -0.39 is 30.4 Å². The number of nitrogens with two attached hydrogens (primary N) is 1. The summed E-state index contributed by atoms with van der Waals surface area (Å²) in [6, 6.07) is 3.99. The molecule has 0 aliphatic carbocycles. The Kier molecular flexibility index (Phi) is 8.95. The molecule has 0 fully saturated rings. The Labute approximate surface area is 187 Å². The normalized spacial score (nSPS) is 11.0. The molecule has 1 aromatic carbocycles. The maximum atomic E-state index is 12.4. The molecule has 0 atom stereocenters. The van der Waals surface area contributed by atoms with Crippen molar-refractivity contribution in [2.45, 2.75) is 25.4 Å². The molecule has 10 nitrogen and oxygen atoms in total. The van der Waals surface area contributed by atoms with Crippen LogP contribution in [-0.2, 0) is 4.79 Å². The molecule has 0 saturated carbocycles. The molecule has 33 heavy (non-hydrogen) atoms. The molecule has 1 aromatic heterocycles. The number of amides is 3. The van der Waals surface area contributed by atoms with E-state index >= 15 is 0 Å². The molecule has 0 spiro atoms. The lowest BCUT2D eigenvalue weighted by molar-refractivity contribution is -0.123. The first-order valence-corrected chi connectivity index (χ1v) is 9.82. The topological polar surface area (TPSA) is 141 Å². The van der Waals surface area contributed by atoms with Crippen molar-refractivity contribution in [3.63, 3.8) is 0 Å². The molecular formula is C20H23F3N6O4. The molecule has 13 heteroatoms. The molecule has 3 amide bonds. The van der Waals surface area contributed by atoms with Crippen molar-refractivity contribution in [1.29, 1.82) is 0 Å². The molecule has 4 N–H and O–H groups in total. The minimum absolute atomic E-state index is 0.0282. The second-order valence-corrected chi connectivity index (χ2v) is 6.78. The molecule has 178 valence electrons. The first-order valence-electron chi connectivity index (χ1n) is 9.82. The minimum Gasteiger partial charge on any atom is -0.491 e. The van der Waals surface area contributed by atoms with Gasteiger partial charge in [-0.05, 0) is 31.0 Å². The van der Waals surface area contributed by atoms with Crippen LogP contribution in [0.1, 0.15) is 40.1 Å². The number of primary amides is 1. The fourth-order valence-electron chi connectivity index (χ4n) is 2.53. The van der Waals surface area contributed by atoms with Crippen LogP contribution in [0.5, 0.6) is 5.75 Å². The van der Waals surface area contributed by atoms with Gasteiger partial charge in [0.2, 0.25) is 5.91 Å². The maximum absolute atomic E-state index is 12.4. The van der Waals surface area contributed by atoms with E-state index in [0.717, 1.165) is 0 Å². The van der Waals surface area contributed by atoms with Crippen LogP contribution in [0.4, 0.5) is 13.2 Å². The molecule has 0 radical (unpaired) electrons. The Morgan fingerprint density at radius 3 is 2.64 bits per heavy atom. The van der Waals surface area contributed by atoms with Crippen LogP contribution in [0.15, 0.2) is 37.1 Å². The number of allylic oxidation sites excluding steroid dienone is 1. The van der Waals surface area contributed by atoms with E-state index in [9.17, 15) is 27.6 Å². The first-order chi connectivity index (χ1) is 15.6. The van der Waals surface area contributed by atoms with Gasteiger partial charge in [-0.1, -0.05) is 11.3 Å². The van der Waals surface area contributed by atoms with Crippen molar-refractivity contribution in [3.8, 4) is 11.4 Å². The van der Waals surface area contributed by atoms with Gasteiger partial charge in [-0.2, -0.15) is 13.2 Å². The predicted octanol–water partition coefficient (Wildman–Crippen LogP) is 1.51. The number of hydrogen-bond donors (Lipinski definition) is 3. The SMILES string of the molecule is C=CCCCOc1cc(C(=O)NCC(F)(F)F)ccc1-n1cc(C(=O)NCCC(N)=O)nn1. The molecule has 2 aromatic rings. The van der Waals surface area contributed by atoms with Crippen LogP contribution in [-0.4, -0.2) is 58.6 Å². The summed E-state index contributed by atoms with van der Waals surface area (Å²) < 4.78 is 44.1. The fourth-order valence-corrected chi connectivity index (χ4v) is 2.53. The maximum Gasteiger partial charge on any atom is 0.405 e. The number of halogens is 3. The van der Waals surface area contributed by atoms with Gasteiger partial charge in [-0.3, -0.25) is 14.4 Å². The van der Waals surface area contributed by atoms with Crippen LogP contribution in [0, 0.1) is 0 Å². The largest absolute Gasteiger partial charge is 0.491 e. The number of carbonyl (C=O) groups is 3. The van der Waals surface area contributed by atoms with E-state index in [-0.39, 0.29) is 36.6 Å². The first kappa shape index (κ1) is 25.4. The highest BCUT2D eigenvalue weighted by atomic mass is 19.4. The molecular weight excluding hydrogens is 445 g/mol. The Bertz CT molecular complexity index is 1010. The van der Waals surface area contributed by atoms with E-state index in [1.807, 2.05) is 0 Å². The highest BCUT2D eigenvalue weighted by Gasteiger charge is 2.28. The summed E-state index contributed by atoms with van der Waals surface area (Å²) in [5.74, 6) is -1.93. The van der Waals surface area contributed by atoms with Crippen LogP contribution in [0.2, 0.25) is 0 Å². The number of rotatable bonds is 12. The second-order valence-electron chi connectivity index (χ2n) is 6.78. The highest BCUT2D eigenvalue weighted by Crippen LogP contribution is 2.25. The fraction of sp³-hybridized carbons (Fsp3) is 0.350. The van der Waals surface area contributed by atoms with Crippen molar-refractivity contribution in [2.24, 2.45) is 5.73 Å². The van der Waals surface area contributed by atoms with Crippen LogP contribution in [0.3, 0.4) is 0 Å². The van der Waals surface area contributed by atoms with Gasteiger partial charge in [0.05, 0.1) is 12.8 Å². The van der Waals surface area contributed by atoms with E-state index in [1.54, 1.807) is 11.4 Å². The molecule has 0 saturated heterocycles. The van der Waals surface area contributed by atoms with Gasteiger partial charge in [0.25, 0.3) is 11.8 Å². The third-order valence-electron chi connectivity index (χ3n) is 4.11. The lowest BCUT2D eigenvalue weighted by atomic mass is 10.1. The van der Waals surface area contributed by atoms with Crippen molar-refractivity contribution < 1.29 is 32.3 Å². The van der Waals surface area contributed by atoms with Gasteiger partial charge in [0.1, 0.15) is 18.0 Å². The number of nitrogens with one attached hydrogen (secondary N) is 2. The zero-order valence-electron chi connectivity index (χ0n) is 17.5. The lowest BCUT2D eigenvalue weighted by Crippen LogP contribution is -2.33.